The summed E-state index contributed by atoms with van der Waals surface area (Å²) in [5, 5.41) is 0. The van der Waals surface area contributed by atoms with E-state index in [1.54, 1.807) is 30.6 Å². The molecule has 2 aromatic rings. The van der Waals surface area contributed by atoms with E-state index < -0.39 is 0 Å². The third kappa shape index (κ3) is 2.79. The van der Waals surface area contributed by atoms with Crippen LogP contribution in [0.25, 0.3) is 0 Å². The van der Waals surface area contributed by atoms with Gasteiger partial charge in [0.1, 0.15) is 5.69 Å². The summed E-state index contributed by atoms with van der Waals surface area (Å²) in [6.07, 6.45) is 3.16. The Morgan fingerprint density at radius 2 is 1.94 bits per heavy atom. The van der Waals surface area contributed by atoms with Crippen LogP contribution in [-0.2, 0) is 0 Å². The molecular weight excluding hydrogens is 348 g/mol. The van der Waals surface area contributed by atoms with E-state index in [9.17, 15) is 4.79 Å². The number of hydrogen-bond donors (Lipinski definition) is 0. The van der Waals surface area contributed by atoms with Crippen LogP contribution < -0.4 is 0 Å². The van der Waals surface area contributed by atoms with E-state index in [-0.39, 0.29) is 5.78 Å². The Morgan fingerprint density at radius 1 is 1.18 bits per heavy atom. The summed E-state index contributed by atoms with van der Waals surface area (Å²) in [4.78, 5) is 20.3. The van der Waals surface area contributed by atoms with Gasteiger partial charge in [-0.15, -0.1) is 0 Å². The summed E-state index contributed by atoms with van der Waals surface area (Å²) < 4.78 is 1.49. The van der Waals surface area contributed by atoms with Gasteiger partial charge in [0.15, 0.2) is 0 Å². The Kier molecular flexibility index (Phi) is 3.69. The van der Waals surface area contributed by atoms with Gasteiger partial charge < -0.3 is 0 Å². The van der Waals surface area contributed by atoms with E-state index in [2.05, 4.69) is 41.8 Å². The van der Waals surface area contributed by atoms with Crippen molar-refractivity contribution in [3.05, 3.63) is 56.5 Å². The van der Waals surface area contributed by atoms with Crippen molar-refractivity contribution in [2.45, 2.75) is 6.92 Å². The molecule has 17 heavy (non-hydrogen) atoms. The van der Waals surface area contributed by atoms with Gasteiger partial charge in [0.2, 0.25) is 5.78 Å². The second-order valence-electron chi connectivity index (χ2n) is 3.50. The Balaban J connectivity index is 2.40. The predicted octanol–water partition coefficient (Wildman–Crippen LogP) is 3.54. The lowest BCUT2D eigenvalue weighted by Gasteiger charge is -2.03. The van der Waals surface area contributed by atoms with E-state index in [1.165, 1.54) is 0 Å². The number of aromatic nitrogens is 2. The lowest BCUT2D eigenvalue weighted by molar-refractivity contribution is 0.103. The zero-order valence-corrected chi connectivity index (χ0v) is 12.1. The molecule has 0 N–H and O–H groups in total. The van der Waals surface area contributed by atoms with Gasteiger partial charge in [-0.1, -0.05) is 0 Å². The first-order valence-corrected chi connectivity index (χ1v) is 6.45. The first-order valence-electron chi connectivity index (χ1n) is 4.86. The van der Waals surface area contributed by atoms with Crippen LogP contribution in [0, 0.1) is 6.92 Å². The Bertz CT molecular complexity index is 567. The van der Waals surface area contributed by atoms with Crippen LogP contribution in [0.2, 0.25) is 0 Å². The number of nitrogens with zero attached hydrogens (tertiary/aromatic N) is 2. The Hall–Kier alpha value is -1.07. The summed E-state index contributed by atoms with van der Waals surface area (Å²) in [5.41, 5.74) is 1.80. The van der Waals surface area contributed by atoms with Crippen molar-refractivity contribution in [2.24, 2.45) is 0 Å². The molecule has 0 spiro atoms. The standard InChI is InChI=1S/C12H8Br2N2O/c1-7-2-3-8(5-15-7)12(17)11-10(14)4-9(13)6-16-11/h2-6H,1H3. The third-order valence-corrected chi connectivity index (χ3v) is 3.23. The highest BCUT2D eigenvalue weighted by Crippen LogP contribution is 2.21. The molecule has 0 aliphatic heterocycles. The number of hydrogen-bond acceptors (Lipinski definition) is 3. The molecule has 0 radical (unpaired) electrons. The molecule has 5 heteroatoms. The number of aryl methyl sites for hydroxylation is 1. The molecule has 0 aliphatic carbocycles. The summed E-state index contributed by atoms with van der Waals surface area (Å²) in [6.45, 7) is 1.88. The molecule has 0 aliphatic rings. The van der Waals surface area contributed by atoms with Crippen LogP contribution in [0.5, 0.6) is 0 Å². The van der Waals surface area contributed by atoms with E-state index >= 15 is 0 Å². The number of pyridine rings is 2. The van der Waals surface area contributed by atoms with E-state index in [0.29, 0.717) is 15.7 Å². The molecule has 0 saturated heterocycles. The van der Waals surface area contributed by atoms with Gasteiger partial charge in [-0.2, -0.15) is 0 Å². The first kappa shape index (κ1) is 12.4. The predicted molar refractivity (Wildman–Crippen MR) is 72.0 cm³/mol. The van der Waals surface area contributed by atoms with E-state index in [0.717, 1.165) is 10.2 Å². The number of carbonyl (C=O) groups excluding carboxylic acids is 1. The monoisotopic (exact) mass is 354 g/mol. The fourth-order valence-electron chi connectivity index (χ4n) is 1.32. The van der Waals surface area contributed by atoms with Crippen LogP contribution in [-0.4, -0.2) is 15.8 Å². The van der Waals surface area contributed by atoms with Crippen LogP contribution in [0.15, 0.2) is 39.5 Å². The topological polar surface area (TPSA) is 42.9 Å². The average Bonchev–Trinajstić information content (AvgIpc) is 2.29. The highest BCUT2D eigenvalue weighted by Gasteiger charge is 2.14. The van der Waals surface area contributed by atoms with Gasteiger partial charge in [0.05, 0.1) is 0 Å². The van der Waals surface area contributed by atoms with Crippen molar-refractivity contribution in [3.8, 4) is 0 Å². The van der Waals surface area contributed by atoms with Gasteiger partial charge in [-0.3, -0.25) is 14.8 Å². The van der Waals surface area contributed by atoms with Gasteiger partial charge in [0, 0.05) is 32.6 Å². The van der Waals surface area contributed by atoms with Crippen LogP contribution in [0.4, 0.5) is 0 Å². The maximum Gasteiger partial charge on any atom is 0.214 e. The first-order chi connectivity index (χ1) is 8.08. The van der Waals surface area contributed by atoms with Crippen molar-refractivity contribution in [2.75, 3.05) is 0 Å². The Morgan fingerprint density at radius 3 is 2.53 bits per heavy atom. The molecule has 0 atom stereocenters. The minimum Gasteiger partial charge on any atom is -0.287 e. The highest BCUT2D eigenvalue weighted by molar-refractivity contribution is 9.11. The van der Waals surface area contributed by atoms with E-state index in [4.69, 9.17) is 0 Å². The molecule has 0 bridgehead atoms. The molecule has 0 fully saturated rings. The number of rotatable bonds is 2. The molecule has 0 unspecified atom stereocenters. The summed E-state index contributed by atoms with van der Waals surface area (Å²) in [6, 6.07) is 5.35. The van der Waals surface area contributed by atoms with Gasteiger partial charge in [-0.05, 0) is 57.0 Å². The molecule has 2 heterocycles. The minimum atomic E-state index is -0.142. The van der Waals surface area contributed by atoms with E-state index in [1.807, 2.05) is 6.92 Å². The fourth-order valence-corrected chi connectivity index (χ4v) is 2.49. The molecule has 0 saturated carbocycles. The average molecular weight is 356 g/mol. The minimum absolute atomic E-state index is 0.142. The molecule has 0 aromatic carbocycles. The SMILES string of the molecule is Cc1ccc(C(=O)c2ncc(Br)cc2Br)cn1. The van der Waals surface area contributed by atoms with Crippen molar-refractivity contribution < 1.29 is 4.79 Å². The van der Waals surface area contributed by atoms with Crippen LogP contribution in [0.3, 0.4) is 0 Å². The zero-order chi connectivity index (χ0) is 12.4. The summed E-state index contributed by atoms with van der Waals surface area (Å²) in [7, 11) is 0. The number of carbonyl (C=O) groups is 1. The van der Waals surface area contributed by atoms with Crippen molar-refractivity contribution in [3.63, 3.8) is 0 Å². The number of ketones is 1. The van der Waals surface area contributed by atoms with Crippen LogP contribution in [0.1, 0.15) is 21.7 Å². The Labute approximate surface area is 116 Å². The van der Waals surface area contributed by atoms with Crippen molar-refractivity contribution in [1.29, 1.82) is 0 Å². The quantitative estimate of drug-likeness (QED) is 0.774. The second kappa shape index (κ2) is 5.06. The number of halogens is 2. The maximum atomic E-state index is 12.1. The molecule has 86 valence electrons. The van der Waals surface area contributed by atoms with Crippen LogP contribution >= 0.6 is 31.9 Å². The maximum absolute atomic E-state index is 12.1. The van der Waals surface area contributed by atoms with Gasteiger partial charge in [0.25, 0.3) is 0 Å². The van der Waals surface area contributed by atoms with Crippen molar-refractivity contribution in [1.82, 2.24) is 9.97 Å². The molecule has 2 aromatic heterocycles. The summed E-state index contributed by atoms with van der Waals surface area (Å²) >= 11 is 6.62. The molecule has 2 rings (SSSR count). The summed E-state index contributed by atoms with van der Waals surface area (Å²) in [5.74, 6) is -0.142. The highest BCUT2D eigenvalue weighted by atomic mass is 79.9. The third-order valence-electron chi connectivity index (χ3n) is 2.20. The second-order valence-corrected chi connectivity index (χ2v) is 5.27. The molecular formula is C12H8Br2N2O. The lowest BCUT2D eigenvalue weighted by Crippen LogP contribution is -2.05. The fraction of sp³-hybridized carbons (Fsp3) is 0.0833. The smallest absolute Gasteiger partial charge is 0.214 e. The van der Waals surface area contributed by atoms with Crippen molar-refractivity contribution >= 4 is 37.6 Å². The van der Waals surface area contributed by atoms with Gasteiger partial charge in [-0.25, -0.2) is 0 Å². The molecule has 3 nitrogen and oxygen atoms in total. The lowest BCUT2D eigenvalue weighted by atomic mass is 10.1. The zero-order valence-electron chi connectivity index (χ0n) is 8.95. The van der Waals surface area contributed by atoms with Gasteiger partial charge >= 0.3 is 0 Å². The normalized spacial score (nSPS) is 10.3. The molecule has 0 amide bonds. The largest absolute Gasteiger partial charge is 0.287 e.